The average molecular weight is 416 g/mol. The van der Waals surface area contributed by atoms with Gasteiger partial charge in [0, 0.05) is 0 Å². The van der Waals surface area contributed by atoms with E-state index in [1.54, 1.807) is 10.9 Å². The van der Waals surface area contributed by atoms with Crippen molar-refractivity contribution in [1.82, 2.24) is 19.5 Å². The number of nitrogen functional groups attached to an aromatic ring is 1. The van der Waals surface area contributed by atoms with Gasteiger partial charge in [-0.25, -0.2) is 0 Å². The molecule has 9 nitrogen and oxygen atoms in total. The van der Waals surface area contributed by atoms with Crippen LogP contribution in [0.2, 0.25) is 3.23 Å². The van der Waals surface area contributed by atoms with Gasteiger partial charge in [0.15, 0.2) is 0 Å². The number of aliphatic hydroxyl groups is 1. The number of ether oxygens (including phenoxy) is 1. The summed E-state index contributed by atoms with van der Waals surface area (Å²) in [6.07, 6.45) is 0.669. The molecule has 1 fully saturated rings. The molecule has 23 heavy (non-hydrogen) atoms. The molecule has 0 saturated carbocycles. The average Bonchev–Trinajstić information content (AvgIpc) is 3.09. The van der Waals surface area contributed by atoms with E-state index in [9.17, 15) is 5.11 Å². The second-order valence-electron chi connectivity index (χ2n) is 5.17. The van der Waals surface area contributed by atoms with Crippen LogP contribution in [-0.2, 0) is 39.0 Å². The van der Waals surface area contributed by atoms with E-state index < -0.39 is 35.8 Å². The van der Waals surface area contributed by atoms with Gasteiger partial charge >= 0.3 is 152 Å². The fourth-order valence-corrected chi connectivity index (χ4v) is 3.88. The van der Waals surface area contributed by atoms with Crippen LogP contribution in [0.25, 0.3) is 11.2 Å². The van der Waals surface area contributed by atoms with Crippen molar-refractivity contribution in [3.05, 3.63) is 6.33 Å². The molecule has 0 bridgehead atoms. The molecular weight excluding hydrogens is 398 g/mol. The summed E-state index contributed by atoms with van der Waals surface area (Å²) in [5.74, 6) is 0.578. The van der Waals surface area contributed by atoms with Crippen molar-refractivity contribution in [3.63, 3.8) is 0 Å². The van der Waals surface area contributed by atoms with Crippen molar-refractivity contribution < 1.29 is 46.1 Å². The van der Waals surface area contributed by atoms with E-state index >= 15 is 0 Å². The third-order valence-electron chi connectivity index (χ3n) is 3.54. The monoisotopic (exact) mass is 416 g/mol. The first-order valence-electron chi connectivity index (χ1n) is 7.27. The van der Waals surface area contributed by atoms with E-state index in [1.165, 1.54) is 0 Å². The van der Waals surface area contributed by atoms with Crippen LogP contribution in [0.5, 0.6) is 5.88 Å². The summed E-state index contributed by atoms with van der Waals surface area (Å²) in [5, 5.41) is 10.1. The first-order chi connectivity index (χ1) is 11.1. The zero-order valence-corrected chi connectivity index (χ0v) is 16.6. The Balaban J connectivity index is 1.92. The van der Waals surface area contributed by atoms with Crippen LogP contribution in [0.1, 0.15) is 19.6 Å². The number of rotatable bonds is 6. The molecule has 3 rings (SSSR count). The Morgan fingerprint density at radius 2 is 2.39 bits per heavy atom. The van der Waals surface area contributed by atoms with Crippen LogP contribution < -0.4 is 7.79 Å². The zero-order valence-electron chi connectivity index (χ0n) is 12.6. The van der Waals surface area contributed by atoms with E-state index in [4.69, 9.17) is 17.0 Å². The van der Waals surface area contributed by atoms with Crippen molar-refractivity contribution >= 4 is 26.6 Å². The molecule has 1 unspecified atom stereocenters. The molecule has 1 saturated heterocycles. The van der Waals surface area contributed by atoms with Gasteiger partial charge in [0.1, 0.15) is 0 Å². The first kappa shape index (κ1) is 17.4. The molecule has 2 aromatic rings. The molecule has 3 heterocycles. The third kappa shape index (κ3) is 3.65. The number of aromatic nitrogens is 4. The first-order valence-corrected chi connectivity index (χ1v) is 10.9. The van der Waals surface area contributed by atoms with E-state index in [1.807, 2.05) is 0 Å². The quantitative estimate of drug-likeness (QED) is 0.661. The Morgan fingerprint density at radius 1 is 1.57 bits per heavy atom. The number of hydrogen-bond acceptors (Lipinski definition) is 8. The van der Waals surface area contributed by atoms with E-state index in [0.29, 0.717) is 30.1 Å². The van der Waals surface area contributed by atoms with Crippen LogP contribution in [0.15, 0.2) is 6.33 Å². The van der Waals surface area contributed by atoms with Crippen molar-refractivity contribution in [2.75, 3.05) is 12.3 Å². The van der Waals surface area contributed by atoms with Crippen LogP contribution >= 0.6 is 9.47 Å². The summed E-state index contributed by atoms with van der Waals surface area (Å²) < 4.78 is 19.4. The second-order valence-corrected chi connectivity index (χ2v) is 8.91. The molecule has 1 aliphatic heterocycles. The predicted octanol–water partition coefficient (Wildman–Crippen LogP) is 0.678. The van der Waals surface area contributed by atoms with Gasteiger partial charge in [-0.2, -0.15) is 0 Å². The molecule has 0 aliphatic carbocycles. The Morgan fingerprint density at radius 3 is 3.13 bits per heavy atom. The minimum atomic E-state index is -1.15. The SMILES string of the molecule is C[CH2][Y][O]c1nc(N)nc2c1ncn2[C@H]1C[C@@H](O)[C@@H](COP)O1. The molecule has 4 atom stereocenters. The van der Waals surface area contributed by atoms with E-state index in [2.05, 4.69) is 31.3 Å². The summed E-state index contributed by atoms with van der Waals surface area (Å²) in [6.45, 7) is 2.38. The molecule has 0 amide bonds. The Labute approximate surface area is 151 Å². The summed E-state index contributed by atoms with van der Waals surface area (Å²) in [7, 11) is 2.16. The molecule has 11 heteroatoms. The fourth-order valence-electron chi connectivity index (χ4n) is 2.49. The molecule has 0 spiro atoms. The predicted molar refractivity (Wildman–Crippen MR) is 81.0 cm³/mol. The topological polar surface area (TPSA) is 118 Å². The molecule has 0 aromatic carbocycles. The van der Waals surface area contributed by atoms with Crippen molar-refractivity contribution in [3.8, 4) is 5.88 Å². The third-order valence-corrected chi connectivity index (χ3v) is 5.51. The Kier molecular flexibility index (Phi) is 5.77. The normalized spacial score (nSPS) is 24.0. The van der Waals surface area contributed by atoms with Crippen LogP contribution in [0.3, 0.4) is 0 Å². The van der Waals surface area contributed by atoms with Crippen molar-refractivity contribution in [2.24, 2.45) is 0 Å². The van der Waals surface area contributed by atoms with Crippen LogP contribution in [0, 0.1) is 0 Å². The van der Waals surface area contributed by atoms with Crippen LogP contribution in [0.4, 0.5) is 5.95 Å². The van der Waals surface area contributed by atoms with Gasteiger partial charge in [-0.3, -0.25) is 0 Å². The van der Waals surface area contributed by atoms with Crippen molar-refractivity contribution in [1.29, 1.82) is 0 Å². The van der Waals surface area contributed by atoms with E-state index in [-0.39, 0.29) is 18.3 Å². The van der Waals surface area contributed by atoms with Gasteiger partial charge in [-0.05, 0) is 0 Å². The second kappa shape index (κ2) is 7.63. The number of fused-ring (bicyclic) bond motifs is 1. The summed E-state index contributed by atoms with van der Waals surface area (Å²) in [5.41, 5.74) is 6.91. The Bertz CT molecular complexity index is 687. The number of nitrogens with zero attached hydrogens (tertiary/aromatic N) is 4. The molecule has 1 aliphatic rings. The molecular formula is C12H18N5O4PY. The van der Waals surface area contributed by atoms with Gasteiger partial charge in [-0.1, -0.05) is 0 Å². The summed E-state index contributed by atoms with van der Waals surface area (Å²) in [6, 6.07) is 0. The number of aliphatic hydroxyl groups excluding tert-OH is 1. The Hall–Kier alpha value is -0.436. The van der Waals surface area contributed by atoms with Gasteiger partial charge in [-0.15, -0.1) is 0 Å². The molecule has 3 N–H and O–H groups in total. The summed E-state index contributed by atoms with van der Waals surface area (Å²) in [4.78, 5) is 12.7. The standard InChI is InChI=1S/C10H14N5O4P.C2H5.Y/c11-10-13-8-7(9(17)14-10)12-3-15(8)6-1-4(16)5(19-6)2-18-20;1-2;/h3-6,16H,1-2,20H2,(H3,11,13,14,17);1H2,2H3;/q;;+1/p-1/t4-,5-,6-;;/m1../s1. The number of nitrogens with two attached hydrogens (primary N) is 1. The zero-order chi connectivity index (χ0) is 16.4. The van der Waals surface area contributed by atoms with Gasteiger partial charge in [0.2, 0.25) is 0 Å². The van der Waals surface area contributed by atoms with Gasteiger partial charge in [0.25, 0.3) is 0 Å². The van der Waals surface area contributed by atoms with Gasteiger partial charge in [0.05, 0.1) is 0 Å². The minimum absolute atomic E-state index is 0.136. The number of imidazole rings is 1. The van der Waals surface area contributed by atoms with Crippen molar-refractivity contribution in [2.45, 2.75) is 35.0 Å². The molecule has 2 aromatic heterocycles. The van der Waals surface area contributed by atoms with E-state index in [0.717, 1.165) is 3.23 Å². The number of anilines is 1. The van der Waals surface area contributed by atoms with Gasteiger partial charge < -0.3 is 0 Å². The maximum atomic E-state index is 10.1. The summed E-state index contributed by atoms with van der Waals surface area (Å²) >= 11 is -1.15. The number of hydrogen-bond donors (Lipinski definition) is 2. The maximum absolute atomic E-state index is 10.1. The fraction of sp³-hybridized carbons (Fsp3) is 0.583. The molecule has 123 valence electrons. The molecule has 0 radical (unpaired) electrons. The van der Waals surface area contributed by atoms with Crippen LogP contribution in [-0.4, -0.2) is 43.4 Å².